The molecule has 1 heterocycles. The maximum atomic E-state index is 12.5. The number of benzene rings is 1. The van der Waals surface area contributed by atoms with Gasteiger partial charge in [0.1, 0.15) is 0 Å². The number of imide groups is 1. The molecule has 2 fully saturated rings. The van der Waals surface area contributed by atoms with E-state index in [2.05, 4.69) is 17.5 Å². The van der Waals surface area contributed by atoms with Crippen LogP contribution in [0.4, 0.5) is 5.69 Å². The van der Waals surface area contributed by atoms with Gasteiger partial charge in [-0.1, -0.05) is 29.8 Å². The van der Waals surface area contributed by atoms with E-state index in [1.807, 2.05) is 31.2 Å². The summed E-state index contributed by atoms with van der Waals surface area (Å²) in [4.78, 5) is 26.4. The summed E-state index contributed by atoms with van der Waals surface area (Å²) in [6.45, 7) is 2.30. The van der Waals surface area contributed by atoms with Crippen LogP contribution in [0, 0.1) is 30.6 Å². The van der Waals surface area contributed by atoms with Gasteiger partial charge in [0.25, 0.3) is 0 Å². The molecule has 1 aromatic carbocycles. The van der Waals surface area contributed by atoms with Crippen LogP contribution in [0.15, 0.2) is 36.4 Å². The molecule has 0 aromatic heterocycles. The largest absolute Gasteiger partial charge is 0.367 e. The highest BCUT2D eigenvalue weighted by molar-refractivity contribution is 6.06. The van der Waals surface area contributed by atoms with Crippen LogP contribution < -0.4 is 5.32 Å². The smallest absolute Gasteiger partial charge is 0.235 e. The number of amides is 2. The minimum atomic E-state index is -0.104. The third kappa shape index (κ3) is 1.82. The maximum Gasteiger partial charge on any atom is 0.235 e. The Kier molecular flexibility index (Phi) is 2.67. The predicted molar refractivity (Wildman–Crippen MR) is 79.2 cm³/mol. The maximum absolute atomic E-state index is 12.5. The van der Waals surface area contributed by atoms with E-state index in [0.29, 0.717) is 0 Å². The van der Waals surface area contributed by atoms with Gasteiger partial charge in [0.05, 0.1) is 18.5 Å². The first-order valence-corrected chi connectivity index (χ1v) is 7.49. The minimum Gasteiger partial charge on any atom is -0.367 e. The van der Waals surface area contributed by atoms with Crippen LogP contribution in [-0.4, -0.2) is 23.4 Å². The Labute approximate surface area is 123 Å². The van der Waals surface area contributed by atoms with E-state index in [-0.39, 0.29) is 42.2 Å². The van der Waals surface area contributed by atoms with Crippen LogP contribution >= 0.6 is 0 Å². The summed E-state index contributed by atoms with van der Waals surface area (Å²) in [5.74, 6) is 0.351. The Morgan fingerprint density at radius 1 is 1.05 bits per heavy atom. The standard InChI is InChI=1S/C17H18N2O2/c1-10-2-6-13(7-3-10)18-9-19-16(20)14-11-4-5-12(8-11)15(14)17(19)21/h2-7,11-12,14-15,18H,8-9H2,1H3/t11-,12-,14-,15+/m1/s1. The normalized spacial score (nSPS) is 32.9. The molecule has 1 saturated carbocycles. The summed E-state index contributed by atoms with van der Waals surface area (Å²) in [6.07, 6.45) is 5.22. The van der Waals surface area contributed by atoms with Crippen molar-refractivity contribution in [3.63, 3.8) is 0 Å². The summed E-state index contributed by atoms with van der Waals surface area (Å²) in [6, 6.07) is 7.95. The van der Waals surface area contributed by atoms with E-state index in [1.165, 1.54) is 10.5 Å². The number of carbonyl (C=O) groups is 2. The van der Waals surface area contributed by atoms with Gasteiger partial charge in [-0.25, -0.2) is 0 Å². The van der Waals surface area contributed by atoms with Gasteiger partial charge < -0.3 is 5.32 Å². The molecule has 108 valence electrons. The average Bonchev–Trinajstić information content (AvgIpc) is 3.14. The number of carbonyl (C=O) groups excluding carboxylic acids is 2. The summed E-state index contributed by atoms with van der Waals surface area (Å²) in [7, 11) is 0. The minimum absolute atomic E-state index is 0.00135. The van der Waals surface area contributed by atoms with Crippen LogP contribution in [0.3, 0.4) is 0 Å². The molecule has 21 heavy (non-hydrogen) atoms. The summed E-state index contributed by atoms with van der Waals surface area (Å²) in [5.41, 5.74) is 2.12. The first-order valence-electron chi connectivity index (χ1n) is 7.49. The zero-order valence-corrected chi connectivity index (χ0v) is 12.0. The van der Waals surface area contributed by atoms with Crippen molar-refractivity contribution in [2.45, 2.75) is 13.3 Å². The molecule has 2 aliphatic carbocycles. The number of anilines is 1. The van der Waals surface area contributed by atoms with Crippen LogP contribution in [0.25, 0.3) is 0 Å². The van der Waals surface area contributed by atoms with Crippen molar-refractivity contribution < 1.29 is 9.59 Å². The van der Waals surface area contributed by atoms with Gasteiger partial charge in [0, 0.05) is 5.69 Å². The molecule has 3 aliphatic rings. The van der Waals surface area contributed by atoms with Crippen LogP contribution in [0.2, 0.25) is 0 Å². The molecular formula is C17H18N2O2. The number of hydrogen-bond acceptors (Lipinski definition) is 3. The van der Waals surface area contributed by atoms with Gasteiger partial charge in [-0.2, -0.15) is 0 Å². The molecule has 1 N–H and O–H groups in total. The monoisotopic (exact) mass is 282 g/mol. The first kappa shape index (κ1) is 12.6. The SMILES string of the molecule is Cc1ccc(NCN2C(=O)[C@@H]3[C@H](C2=O)[C@@H]2C=C[C@@H]3C2)cc1. The van der Waals surface area contributed by atoms with E-state index in [9.17, 15) is 9.59 Å². The molecule has 0 radical (unpaired) electrons. The topological polar surface area (TPSA) is 49.4 Å². The van der Waals surface area contributed by atoms with Crippen molar-refractivity contribution in [3.05, 3.63) is 42.0 Å². The fraction of sp³-hybridized carbons (Fsp3) is 0.412. The lowest BCUT2D eigenvalue weighted by atomic mass is 9.85. The third-order valence-electron chi connectivity index (χ3n) is 5.05. The van der Waals surface area contributed by atoms with E-state index < -0.39 is 0 Å². The van der Waals surface area contributed by atoms with Gasteiger partial charge in [0.15, 0.2) is 0 Å². The summed E-state index contributed by atoms with van der Waals surface area (Å²) in [5, 5.41) is 3.18. The quantitative estimate of drug-likeness (QED) is 0.683. The second-order valence-corrected chi connectivity index (χ2v) is 6.31. The van der Waals surface area contributed by atoms with Gasteiger partial charge in [-0.05, 0) is 37.3 Å². The number of nitrogens with zero attached hydrogens (tertiary/aromatic N) is 1. The van der Waals surface area contributed by atoms with Crippen molar-refractivity contribution in [1.82, 2.24) is 4.90 Å². The van der Waals surface area contributed by atoms with Gasteiger partial charge in [-0.15, -0.1) is 0 Å². The number of likely N-dealkylation sites (tertiary alicyclic amines) is 1. The molecule has 1 aliphatic heterocycles. The van der Waals surface area contributed by atoms with E-state index in [1.54, 1.807) is 0 Å². The molecule has 1 aromatic rings. The second-order valence-electron chi connectivity index (χ2n) is 6.31. The van der Waals surface area contributed by atoms with Gasteiger partial charge >= 0.3 is 0 Å². The molecule has 4 heteroatoms. The van der Waals surface area contributed by atoms with Crippen molar-refractivity contribution in [1.29, 1.82) is 0 Å². The molecule has 2 amide bonds. The van der Waals surface area contributed by atoms with Gasteiger partial charge in [0.2, 0.25) is 11.8 Å². The highest BCUT2D eigenvalue weighted by atomic mass is 16.2. The van der Waals surface area contributed by atoms with Crippen LogP contribution in [0.1, 0.15) is 12.0 Å². The fourth-order valence-corrected chi connectivity index (χ4v) is 3.96. The Morgan fingerprint density at radius 2 is 1.62 bits per heavy atom. The Hall–Kier alpha value is -2.10. The molecule has 4 nitrogen and oxygen atoms in total. The number of hydrogen-bond donors (Lipinski definition) is 1. The second kappa shape index (κ2) is 4.45. The summed E-state index contributed by atoms with van der Waals surface area (Å²) < 4.78 is 0. The molecule has 0 unspecified atom stereocenters. The molecule has 4 rings (SSSR count). The van der Waals surface area contributed by atoms with Crippen molar-refractivity contribution in [3.8, 4) is 0 Å². The van der Waals surface area contributed by atoms with Crippen LogP contribution in [0.5, 0.6) is 0 Å². The Bertz CT molecular complexity index is 605. The first-order chi connectivity index (χ1) is 10.1. The van der Waals surface area contributed by atoms with Gasteiger partial charge in [-0.3, -0.25) is 14.5 Å². The molecule has 0 spiro atoms. The molecule has 1 saturated heterocycles. The Balaban J connectivity index is 1.48. The number of allylic oxidation sites excluding steroid dienone is 2. The van der Waals surface area contributed by atoms with E-state index in [4.69, 9.17) is 0 Å². The average molecular weight is 282 g/mol. The molecule has 2 bridgehead atoms. The lowest BCUT2D eigenvalue weighted by Crippen LogP contribution is -2.37. The highest BCUT2D eigenvalue weighted by Gasteiger charge is 2.59. The zero-order chi connectivity index (χ0) is 14.6. The lowest BCUT2D eigenvalue weighted by Gasteiger charge is -2.18. The van der Waals surface area contributed by atoms with Crippen LogP contribution in [-0.2, 0) is 9.59 Å². The summed E-state index contributed by atoms with van der Waals surface area (Å²) >= 11 is 0. The predicted octanol–water partition coefficient (Wildman–Crippen LogP) is 2.17. The van der Waals surface area contributed by atoms with Crippen molar-refractivity contribution >= 4 is 17.5 Å². The Morgan fingerprint density at radius 3 is 2.19 bits per heavy atom. The molecular weight excluding hydrogens is 264 g/mol. The highest BCUT2D eigenvalue weighted by Crippen LogP contribution is 2.52. The van der Waals surface area contributed by atoms with E-state index >= 15 is 0 Å². The van der Waals surface area contributed by atoms with Crippen molar-refractivity contribution in [2.75, 3.05) is 12.0 Å². The zero-order valence-electron chi connectivity index (χ0n) is 12.0. The van der Waals surface area contributed by atoms with E-state index in [0.717, 1.165) is 12.1 Å². The lowest BCUT2D eigenvalue weighted by molar-refractivity contribution is -0.140. The van der Waals surface area contributed by atoms with Crippen molar-refractivity contribution in [2.24, 2.45) is 23.7 Å². The number of fused-ring (bicyclic) bond motifs is 5. The fourth-order valence-electron chi connectivity index (χ4n) is 3.96. The molecule has 4 atom stereocenters. The third-order valence-corrected chi connectivity index (χ3v) is 5.05. The number of aryl methyl sites for hydroxylation is 1. The number of rotatable bonds is 3. The number of nitrogens with one attached hydrogen (secondary N) is 1.